The highest BCUT2D eigenvalue weighted by Crippen LogP contribution is 2.34. The van der Waals surface area contributed by atoms with Gasteiger partial charge in [-0.15, -0.1) is 0 Å². The molecule has 1 aromatic rings. The van der Waals surface area contributed by atoms with Crippen LogP contribution in [0.5, 0.6) is 0 Å². The Morgan fingerprint density at radius 2 is 1.95 bits per heavy atom. The van der Waals surface area contributed by atoms with Gasteiger partial charge in [0, 0.05) is 0 Å². The molecule has 0 aromatic heterocycles. The second-order valence-corrected chi connectivity index (χ2v) is 6.23. The standard InChI is InChI=1S/C10H9ClF3NO4S/c1-5(9(16)17)20(18,19)15-8-4-6(10(12,13)14)2-3-7(8)11/h2-5,15H,1H3,(H,16,17). The van der Waals surface area contributed by atoms with Crippen LogP contribution in [-0.2, 0) is 21.0 Å². The number of halogens is 4. The lowest BCUT2D eigenvalue weighted by Crippen LogP contribution is -2.32. The molecule has 20 heavy (non-hydrogen) atoms. The summed E-state index contributed by atoms with van der Waals surface area (Å²) in [6, 6.07) is 2.04. The second kappa shape index (κ2) is 5.49. The number of carboxylic acid groups (broad SMARTS) is 1. The van der Waals surface area contributed by atoms with Crippen molar-refractivity contribution < 1.29 is 31.5 Å². The lowest BCUT2D eigenvalue weighted by atomic mass is 10.2. The molecule has 0 saturated heterocycles. The molecule has 0 bridgehead atoms. The fraction of sp³-hybridized carbons (Fsp3) is 0.300. The van der Waals surface area contributed by atoms with Gasteiger partial charge in [0.1, 0.15) is 0 Å². The number of rotatable bonds is 4. The van der Waals surface area contributed by atoms with Crippen molar-refractivity contribution in [1.29, 1.82) is 0 Å². The normalized spacial score (nSPS) is 13.8. The fourth-order valence-electron chi connectivity index (χ4n) is 1.15. The molecule has 1 unspecified atom stereocenters. The third-order valence-corrected chi connectivity index (χ3v) is 4.33. The molecule has 0 saturated carbocycles. The first-order chi connectivity index (χ1) is 8.95. The van der Waals surface area contributed by atoms with E-state index in [1.807, 2.05) is 0 Å². The van der Waals surface area contributed by atoms with E-state index in [1.165, 1.54) is 0 Å². The molecule has 1 rings (SSSR count). The monoisotopic (exact) mass is 331 g/mol. The van der Waals surface area contributed by atoms with Gasteiger partial charge >= 0.3 is 12.1 Å². The number of nitrogens with one attached hydrogen (secondary N) is 1. The zero-order valence-electron chi connectivity index (χ0n) is 9.90. The number of sulfonamides is 1. The molecule has 0 spiro atoms. The summed E-state index contributed by atoms with van der Waals surface area (Å²) in [7, 11) is -4.40. The summed E-state index contributed by atoms with van der Waals surface area (Å²) < 4.78 is 62.5. The summed E-state index contributed by atoms with van der Waals surface area (Å²) in [6.07, 6.45) is -4.68. The average molecular weight is 332 g/mol. The predicted molar refractivity (Wildman–Crippen MR) is 66.1 cm³/mol. The Balaban J connectivity index is 3.19. The molecule has 0 aliphatic rings. The van der Waals surface area contributed by atoms with Crippen molar-refractivity contribution in [3.63, 3.8) is 0 Å². The molecule has 1 aromatic carbocycles. The van der Waals surface area contributed by atoms with Crippen LogP contribution in [0.15, 0.2) is 18.2 Å². The number of carboxylic acids is 1. The maximum absolute atomic E-state index is 12.5. The van der Waals surface area contributed by atoms with Crippen molar-refractivity contribution in [3.8, 4) is 0 Å². The Morgan fingerprint density at radius 1 is 1.40 bits per heavy atom. The summed E-state index contributed by atoms with van der Waals surface area (Å²) in [5.41, 5.74) is -1.64. The van der Waals surface area contributed by atoms with Gasteiger partial charge in [0.15, 0.2) is 5.25 Å². The predicted octanol–water partition coefficient (Wildman–Crippen LogP) is 2.57. The smallest absolute Gasteiger partial charge is 0.416 e. The molecule has 2 N–H and O–H groups in total. The van der Waals surface area contributed by atoms with Gasteiger partial charge in [-0.05, 0) is 25.1 Å². The lowest BCUT2D eigenvalue weighted by Gasteiger charge is -2.14. The van der Waals surface area contributed by atoms with Crippen molar-refractivity contribution in [3.05, 3.63) is 28.8 Å². The van der Waals surface area contributed by atoms with Crippen LogP contribution >= 0.6 is 11.6 Å². The molecule has 0 radical (unpaired) electrons. The minimum atomic E-state index is -4.68. The number of carbonyl (C=O) groups is 1. The van der Waals surface area contributed by atoms with Crippen LogP contribution < -0.4 is 4.72 Å². The van der Waals surface area contributed by atoms with E-state index in [1.54, 1.807) is 4.72 Å². The SMILES string of the molecule is CC(C(=O)O)S(=O)(=O)Nc1cc(C(F)(F)F)ccc1Cl. The van der Waals surface area contributed by atoms with Crippen LogP contribution in [0.1, 0.15) is 12.5 Å². The van der Waals surface area contributed by atoms with Gasteiger partial charge in [-0.25, -0.2) is 8.42 Å². The summed E-state index contributed by atoms with van der Waals surface area (Å²) in [5.74, 6) is -1.64. The van der Waals surface area contributed by atoms with E-state index in [0.717, 1.165) is 13.0 Å². The molecule has 1 atom stereocenters. The van der Waals surface area contributed by atoms with Crippen LogP contribution in [-0.4, -0.2) is 24.7 Å². The highest BCUT2D eigenvalue weighted by Gasteiger charge is 2.32. The van der Waals surface area contributed by atoms with Gasteiger partial charge < -0.3 is 5.11 Å². The van der Waals surface area contributed by atoms with Crippen molar-refractivity contribution in [2.75, 3.05) is 4.72 Å². The Hall–Kier alpha value is -1.48. The Morgan fingerprint density at radius 3 is 2.40 bits per heavy atom. The van der Waals surface area contributed by atoms with Crippen LogP contribution in [0.25, 0.3) is 0 Å². The number of hydrogen-bond acceptors (Lipinski definition) is 3. The van der Waals surface area contributed by atoms with Crippen LogP contribution in [0, 0.1) is 0 Å². The van der Waals surface area contributed by atoms with Crippen LogP contribution in [0.3, 0.4) is 0 Å². The van der Waals surface area contributed by atoms with Crippen molar-refractivity contribution in [2.45, 2.75) is 18.3 Å². The molecule has 112 valence electrons. The fourth-order valence-corrected chi connectivity index (χ4v) is 2.29. The minimum Gasteiger partial charge on any atom is -0.480 e. The first-order valence-electron chi connectivity index (χ1n) is 5.06. The molecule has 0 heterocycles. The van der Waals surface area contributed by atoms with Gasteiger partial charge in [0.25, 0.3) is 0 Å². The van der Waals surface area contributed by atoms with Gasteiger partial charge in [-0.3, -0.25) is 9.52 Å². The van der Waals surface area contributed by atoms with Crippen molar-refractivity contribution in [1.82, 2.24) is 0 Å². The zero-order chi connectivity index (χ0) is 15.7. The van der Waals surface area contributed by atoms with Crippen LogP contribution in [0.2, 0.25) is 5.02 Å². The van der Waals surface area contributed by atoms with E-state index in [-0.39, 0.29) is 5.02 Å². The number of anilines is 1. The third-order valence-electron chi connectivity index (χ3n) is 2.36. The Kier molecular flexibility index (Phi) is 4.55. The maximum atomic E-state index is 12.5. The van der Waals surface area contributed by atoms with E-state index in [2.05, 4.69) is 0 Å². The lowest BCUT2D eigenvalue weighted by molar-refractivity contribution is -0.138. The topological polar surface area (TPSA) is 83.5 Å². The van der Waals surface area contributed by atoms with E-state index in [4.69, 9.17) is 16.7 Å². The zero-order valence-corrected chi connectivity index (χ0v) is 11.5. The summed E-state index contributed by atoms with van der Waals surface area (Å²) in [4.78, 5) is 10.6. The summed E-state index contributed by atoms with van der Waals surface area (Å²) in [6.45, 7) is 0.881. The molecule has 0 aliphatic heterocycles. The molecule has 0 fully saturated rings. The third kappa shape index (κ3) is 3.76. The largest absolute Gasteiger partial charge is 0.480 e. The van der Waals surface area contributed by atoms with Crippen molar-refractivity contribution >= 4 is 33.3 Å². The highest BCUT2D eigenvalue weighted by molar-refractivity contribution is 7.94. The van der Waals surface area contributed by atoms with Gasteiger partial charge in [-0.1, -0.05) is 11.6 Å². The molecule has 5 nitrogen and oxygen atoms in total. The van der Waals surface area contributed by atoms with Gasteiger partial charge in [0.2, 0.25) is 10.0 Å². The number of alkyl halides is 3. The van der Waals surface area contributed by atoms with Crippen molar-refractivity contribution in [2.24, 2.45) is 0 Å². The number of hydrogen-bond donors (Lipinski definition) is 2. The first-order valence-corrected chi connectivity index (χ1v) is 6.99. The number of aliphatic carboxylic acids is 1. The summed E-state index contributed by atoms with van der Waals surface area (Å²) >= 11 is 5.59. The summed E-state index contributed by atoms with van der Waals surface area (Å²) in [5, 5.41) is 6.50. The molecular weight excluding hydrogens is 323 g/mol. The Labute approximate surface area is 117 Å². The minimum absolute atomic E-state index is 0.279. The average Bonchev–Trinajstić information content (AvgIpc) is 2.29. The Bertz CT molecular complexity index is 630. The van der Waals surface area contributed by atoms with Gasteiger partial charge in [-0.2, -0.15) is 13.2 Å². The molecule has 0 amide bonds. The molecule has 0 aliphatic carbocycles. The van der Waals surface area contributed by atoms with E-state index >= 15 is 0 Å². The first kappa shape index (κ1) is 16.6. The highest BCUT2D eigenvalue weighted by atomic mass is 35.5. The van der Waals surface area contributed by atoms with E-state index < -0.39 is 38.7 Å². The van der Waals surface area contributed by atoms with Gasteiger partial charge in [0.05, 0.1) is 16.3 Å². The quantitative estimate of drug-likeness (QED) is 0.888. The van der Waals surface area contributed by atoms with E-state index in [0.29, 0.717) is 12.1 Å². The second-order valence-electron chi connectivity index (χ2n) is 3.82. The number of benzene rings is 1. The van der Waals surface area contributed by atoms with E-state index in [9.17, 15) is 26.4 Å². The molecular formula is C10H9ClF3NO4S. The maximum Gasteiger partial charge on any atom is 0.416 e. The van der Waals surface area contributed by atoms with Crippen LogP contribution in [0.4, 0.5) is 18.9 Å². The molecule has 10 heteroatoms.